The van der Waals surface area contributed by atoms with Crippen molar-refractivity contribution in [2.24, 2.45) is 5.41 Å². The molecule has 0 unspecified atom stereocenters. The third kappa shape index (κ3) is 2.32. The molecule has 2 nitrogen and oxygen atoms in total. The van der Waals surface area contributed by atoms with Gasteiger partial charge in [0.1, 0.15) is 0 Å². The number of hydrogen-bond donors (Lipinski definition) is 0. The Balaban J connectivity index is 2.51. The molecule has 0 aromatic heterocycles. The number of ether oxygens (including phenoxy) is 2. The minimum absolute atomic E-state index is 0.248. The molecule has 0 heterocycles. The molecule has 0 aromatic rings. The Labute approximate surface area is 74.6 Å². The van der Waals surface area contributed by atoms with E-state index in [-0.39, 0.29) is 5.41 Å². The van der Waals surface area contributed by atoms with Crippen LogP contribution < -0.4 is 0 Å². The summed E-state index contributed by atoms with van der Waals surface area (Å²) in [5.41, 5.74) is 0.248. The lowest BCUT2D eigenvalue weighted by Gasteiger charge is -2.33. The Kier molecular flexibility index (Phi) is 3.76. The third-order valence-corrected chi connectivity index (χ3v) is 2.46. The van der Waals surface area contributed by atoms with Crippen LogP contribution in [0, 0.1) is 5.41 Å². The second-order valence-electron chi connectivity index (χ2n) is 3.58. The zero-order valence-electron chi connectivity index (χ0n) is 8.01. The van der Waals surface area contributed by atoms with Crippen molar-refractivity contribution in [1.29, 1.82) is 0 Å². The lowest BCUT2D eigenvalue weighted by Crippen LogP contribution is -2.32. The topological polar surface area (TPSA) is 18.5 Å². The maximum Gasteiger partial charge on any atom is 0.0543 e. The van der Waals surface area contributed by atoms with Crippen molar-refractivity contribution < 1.29 is 9.47 Å². The molecule has 0 saturated carbocycles. The summed E-state index contributed by atoms with van der Waals surface area (Å²) in [7, 11) is 3.52. The number of hydrogen-bond acceptors (Lipinski definition) is 2. The molecule has 0 spiro atoms. The molecular formula is C10H18O2. The Morgan fingerprint density at radius 3 is 2.25 bits per heavy atom. The summed E-state index contributed by atoms with van der Waals surface area (Å²) < 4.78 is 10.4. The fourth-order valence-electron chi connectivity index (χ4n) is 1.86. The standard InChI is InChI=1S/C10H18O2/c1-11-8-10(9-12-2)6-4-3-5-7-10/h3-4H,5-9H2,1-2H3. The average Bonchev–Trinajstić information content (AvgIpc) is 2.07. The largest absolute Gasteiger partial charge is 0.384 e. The summed E-state index contributed by atoms with van der Waals surface area (Å²) in [6.07, 6.45) is 7.91. The predicted molar refractivity (Wildman–Crippen MR) is 49.2 cm³/mol. The predicted octanol–water partition coefficient (Wildman–Crippen LogP) is 2.01. The molecule has 0 saturated heterocycles. The Hall–Kier alpha value is -0.340. The summed E-state index contributed by atoms with van der Waals surface area (Å²) in [5, 5.41) is 0. The normalized spacial score (nSPS) is 21.2. The summed E-state index contributed by atoms with van der Waals surface area (Å²) in [6.45, 7) is 1.62. The van der Waals surface area contributed by atoms with Gasteiger partial charge in [-0.3, -0.25) is 0 Å². The van der Waals surface area contributed by atoms with E-state index in [4.69, 9.17) is 9.47 Å². The number of rotatable bonds is 4. The van der Waals surface area contributed by atoms with E-state index in [9.17, 15) is 0 Å². The molecule has 0 aliphatic heterocycles. The molecule has 70 valence electrons. The van der Waals surface area contributed by atoms with Crippen LogP contribution in [0.3, 0.4) is 0 Å². The Morgan fingerprint density at radius 2 is 1.83 bits per heavy atom. The van der Waals surface area contributed by atoms with Gasteiger partial charge in [-0.15, -0.1) is 0 Å². The molecular weight excluding hydrogens is 152 g/mol. The van der Waals surface area contributed by atoms with Crippen molar-refractivity contribution in [2.75, 3.05) is 27.4 Å². The van der Waals surface area contributed by atoms with Crippen LogP contribution in [0.15, 0.2) is 12.2 Å². The van der Waals surface area contributed by atoms with Gasteiger partial charge in [-0.05, 0) is 19.3 Å². The summed E-state index contributed by atoms with van der Waals surface area (Å²) in [4.78, 5) is 0. The highest BCUT2D eigenvalue weighted by Crippen LogP contribution is 2.33. The molecule has 12 heavy (non-hydrogen) atoms. The SMILES string of the molecule is COCC1(COC)CC=CCC1. The van der Waals surface area contributed by atoms with E-state index in [2.05, 4.69) is 12.2 Å². The van der Waals surface area contributed by atoms with Crippen molar-refractivity contribution in [3.63, 3.8) is 0 Å². The van der Waals surface area contributed by atoms with E-state index < -0.39 is 0 Å². The van der Waals surface area contributed by atoms with Gasteiger partial charge < -0.3 is 9.47 Å². The lowest BCUT2D eigenvalue weighted by molar-refractivity contribution is 0.00437. The molecule has 0 aromatic carbocycles. The van der Waals surface area contributed by atoms with Crippen molar-refractivity contribution in [2.45, 2.75) is 19.3 Å². The van der Waals surface area contributed by atoms with E-state index >= 15 is 0 Å². The van der Waals surface area contributed by atoms with Gasteiger partial charge in [0.05, 0.1) is 13.2 Å². The number of methoxy groups -OCH3 is 2. The minimum Gasteiger partial charge on any atom is -0.384 e. The van der Waals surface area contributed by atoms with Crippen molar-refractivity contribution in [3.05, 3.63) is 12.2 Å². The van der Waals surface area contributed by atoms with Gasteiger partial charge in [-0.25, -0.2) is 0 Å². The van der Waals surface area contributed by atoms with E-state index in [0.717, 1.165) is 26.1 Å². The molecule has 0 fully saturated rings. The van der Waals surface area contributed by atoms with E-state index in [1.165, 1.54) is 6.42 Å². The van der Waals surface area contributed by atoms with Crippen LogP contribution in [-0.2, 0) is 9.47 Å². The third-order valence-electron chi connectivity index (χ3n) is 2.46. The van der Waals surface area contributed by atoms with Crippen LogP contribution in [0.25, 0.3) is 0 Å². The van der Waals surface area contributed by atoms with Crippen LogP contribution in [0.5, 0.6) is 0 Å². The zero-order valence-corrected chi connectivity index (χ0v) is 8.01. The van der Waals surface area contributed by atoms with Gasteiger partial charge in [0, 0.05) is 19.6 Å². The van der Waals surface area contributed by atoms with Gasteiger partial charge in [0.2, 0.25) is 0 Å². The van der Waals surface area contributed by atoms with Gasteiger partial charge in [-0.1, -0.05) is 12.2 Å². The maximum absolute atomic E-state index is 5.22. The van der Waals surface area contributed by atoms with E-state index in [0.29, 0.717) is 0 Å². The van der Waals surface area contributed by atoms with E-state index in [1.54, 1.807) is 14.2 Å². The second-order valence-corrected chi connectivity index (χ2v) is 3.58. The Morgan fingerprint density at radius 1 is 1.17 bits per heavy atom. The molecule has 0 N–H and O–H groups in total. The van der Waals surface area contributed by atoms with Crippen LogP contribution in [-0.4, -0.2) is 27.4 Å². The zero-order chi connectivity index (χ0) is 8.86. The maximum atomic E-state index is 5.22. The number of allylic oxidation sites excluding steroid dienone is 2. The molecule has 0 amide bonds. The first-order chi connectivity index (χ1) is 5.83. The molecule has 1 rings (SSSR count). The highest BCUT2D eigenvalue weighted by molar-refractivity contribution is 4.97. The first kappa shape index (κ1) is 9.75. The smallest absolute Gasteiger partial charge is 0.0543 e. The fourth-order valence-corrected chi connectivity index (χ4v) is 1.86. The van der Waals surface area contributed by atoms with Gasteiger partial charge in [0.25, 0.3) is 0 Å². The quantitative estimate of drug-likeness (QED) is 0.601. The minimum atomic E-state index is 0.248. The van der Waals surface area contributed by atoms with Crippen LogP contribution in [0.1, 0.15) is 19.3 Å². The monoisotopic (exact) mass is 170 g/mol. The Bertz CT molecular complexity index is 146. The van der Waals surface area contributed by atoms with Gasteiger partial charge in [0.15, 0.2) is 0 Å². The van der Waals surface area contributed by atoms with Crippen LogP contribution in [0.2, 0.25) is 0 Å². The second kappa shape index (κ2) is 4.63. The summed E-state index contributed by atoms with van der Waals surface area (Å²) >= 11 is 0. The van der Waals surface area contributed by atoms with Gasteiger partial charge >= 0.3 is 0 Å². The van der Waals surface area contributed by atoms with Gasteiger partial charge in [-0.2, -0.15) is 0 Å². The van der Waals surface area contributed by atoms with Crippen molar-refractivity contribution in [3.8, 4) is 0 Å². The van der Waals surface area contributed by atoms with Crippen LogP contribution in [0.4, 0.5) is 0 Å². The van der Waals surface area contributed by atoms with Crippen molar-refractivity contribution >= 4 is 0 Å². The molecule has 0 radical (unpaired) electrons. The van der Waals surface area contributed by atoms with E-state index in [1.807, 2.05) is 0 Å². The first-order valence-electron chi connectivity index (χ1n) is 4.46. The first-order valence-corrected chi connectivity index (χ1v) is 4.46. The highest BCUT2D eigenvalue weighted by Gasteiger charge is 2.29. The highest BCUT2D eigenvalue weighted by atomic mass is 16.5. The molecule has 0 bridgehead atoms. The molecule has 1 aliphatic carbocycles. The molecule has 1 aliphatic rings. The van der Waals surface area contributed by atoms with Crippen molar-refractivity contribution in [1.82, 2.24) is 0 Å². The fraction of sp³-hybridized carbons (Fsp3) is 0.800. The molecule has 0 atom stereocenters. The summed E-state index contributed by atoms with van der Waals surface area (Å²) in [5.74, 6) is 0. The average molecular weight is 170 g/mol. The van der Waals surface area contributed by atoms with Crippen LogP contribution >= 0.6 is 0 Å². The lowest BCUT2D eigenvalue weighted by atomic mass is 9.78. The summed E-state index contributed by atoms with van der Waals surface area (Å²) in [6, 6.07) is 0. The molecule has 2 heteroatoms.